The Kier molecular flexibility index (Phi) is 5.56. The van der Waals surface area contributed by atoms with Crippen LogP contribution < -0.4 is 11.1 Å². The minimum absolute atomic E-state index is 0.0447. The quantitative estimate of drug-likeness (QED) is 0.830. The molecule has 0 heterocycles. The zero-order valence-corrected chi connectivity index (χ0v) is 11.4. The molecule has 104 valence electrons. The molecule has 1 aromatic rings. The van der Waals surface area contributed by atoms with E-state index < -0.39 is 17.6 Å². The first-order valence-corrected chi connectivity index (χ1v) is 6.15. The van der Waals surface area contributed by atoms with Crippen LogP contribution in [0.1, 0.15) is 15.9 Å². The lowest BCUT2D eigenvalue weighted by molar-refractivity contribution is -0.138. The van der Waals surface area contributed by atoms with E-state index in [0.717, 1.165) is 6.07 Å². The average Bonchev–Trinajstić information content (AvgIpc) is 2.33. The Morgan fingerprint density at radius 1 is 1.37 bits per heavy atom. The minimum Gasteiger partial charge on any atom is -0.349 e. The number of halogens is 4. The maximum Gasteiger partial charge on any atom is 0.417 e. The maximum atomic E-state index is 12.7. The second-order valence-corrected chi connectivity index (χ2v) is 4.46. The predicted molar refractivity (Wildman–Crippen MR) is 69.7 cm³/mol. The SMILES string of the molecule is NC/C=C/CNC(=O)c1ccc(Br)c(C(F)(F)F)c1. The number of benzene rings is 1. The van der Waals surface area contributed by atoms with Gasteiger partial charge in [0.25, 0.3) is 5.91 Å². The van der Waals surface area contributed by atoms with Crippen LogP contribution in [-0.2, 0) is 6.18 Å². The monoisotopic (exact) mass is 336 g/mol. The molecule has 0 aliphatic carbocycles. The van der Waals surface area contributed by atoms with Crippen LogP contribution in [0.4, 0.5) is 13.2 Å². The van der Waals surface area contributed by atoms with Crippen LogP contribution in [0.2, 0.25) is 0 Å². The molecule has 0 aliphatic rings. The van der Waals surface area contributed by atoms with Crippen LogP contribution >= 0.6 is 15.9 Å². The highest BCUT2D eigenvalue weighted by atomic mass is 79.9. The summed E-state index contributed by atoms with van der Waals surface area (Å²) in [4.78, 5) is 11.6. The van der Waals surface area contributed by atoms with E-state index in [1.165, 1.54) is 12.1 Å². The number of hydrogen-bond donors (Lipinski definition) is 2. The first-order valence-electron chi connectivity index (χ1n) is 5.36. The van der Waals surface area contributed by atoms with Crippen molar-refractivity contribution in [1.82, 2.24) is 5.32 Å². The summed E-state index contributed by atoms with van der Waals surface area (Å²) in [7, 11) is 0. The summed E-state index contributed by atoms with van der Waals surface area (Å²) in [5, 5.41) is 2.47. The highest BCUT2D eigenvalue weighted by Gasteiger charge is 2.33. The molecule has 0 saturated carbocycles. The Labute approximate surface area is 116 Å². The molecule has 0 fully saturated rings. The molecule has 0 saturated heterocycles. The summed E-state index contributed by atoms with van der Waals surface area (Å²) < 4.78 is 37.9. The van der Waals surface area contributed by atoms with Gasteiger partial charge in [-0.1, -0.05) is 28.1 Å². The summed E-state index contributed by atoms with van der Waals surface area (Å²) in [6.45, 7) is 0.555. The fourth-order valence-electron chi connectivity index (χ4n) is 1.32. The molecule has 7 heteroatoms. The van der Waals surface area contributed by atoms with E-state index in [4.69, 9.17) is 5.73 Å². The van der Waals surface area contributed by atoms with Crippen LogP contribution in [-0.4, -0.2) is 19.0 Å². The zero-order valence-electron chi connectivity index (χ0n) is 9.80. The van der Waals surface area contributed by atoms with Gasteiger partial charge in [-0.05, 0) is 18.2 Å². The van der Waals surface area contributed by atoms with Gasteiger partial charge in [0.15, 0.2) is 0 Å². The van der Waals surface area contributed by atoms with E-state index in [2.05, 4.69) is 21.2 Å². The van der Waals surface area contributed by atoms with Gasteiger partial charge < -0.3 is 11.1 Å². The third-order valence-corrected chi connectivity index (χ3v) is 2.91. The molecular weight excluding hydrogens is 325 g/mol. The van der Waals surface area contributed by atoms with Crippen LogP contribution in [0.25, 0.3) is 0 Å². The lowest BCUT2D eigenvalue weighted by Crippen LogP contribution is -2.24. The van der Waals surface area contributed by atoms with Crippen molar-refractivity contribution in [3.63, 3.8) is 0 Å². The van der Waals surface area contributed by atoms with Crippen molar-refractivity contribution in [1.29, 1.82) is 0 Å². The van der Waals surface area contributed by atoms with E-state index in [-0.39, 0.29) is 16.6 Å². The van der Waals surface area contributed by atoms with Crippen LogP contribution in [0.5, 0.6) is 0 Å². The molecular formula is C12H12BrF3N2O. The molecule has 0 aromatic heterocycles. The van der Waals surface area contributed by atoms with Gasteiger partial charge in [0.2, 0.25) is 0 Å². The summed E-state index contributed by atoms with van der Waals surface area (Å²) in [6, 6.07) is 3.33. The Morgan fingerprint density at radius 3 is 2.63 bits per heavy atom. The van der Waals surface area contributed by atoms with Crippen molar-refractivity contribution in [2.24, 2.45) is 5.73 Å². The van der Waals surface area contributed by atoms with Crippen molar-refractivity contribution in [2.45, 2.75) is 6.18 Å². The molecule has 0 bridgehead atoms. The fraction of sp³-hybridized carbons (Fsp3) is 0.250. The van der Waals surface area contributed by atoms with Crippen LogP contribution in [0.3, 0.4) is 0 Å². The largest absolute Gasteiger partial charge is 0.417 e. The molecule has 1 amide bonds. The number of nitrogens with one attached hydrogen (secondary N) is 1. The molecule has 0 spiro atoms. The molecule has 0 unspecified atom stereocenters. The number of amides is 1. The van der Waals surface area contributed by atoms with Crippen LogP contribution in [0.15, 0.2) is 34.8 Å². The molecule has 0 radical (unpaired) electrons. The Hall–Kier alpha value is -1.34. The molecule has 3 nitrogen and oxygen atoms in total. The van der Waals surface area contributed by atoms with Crippen molar-refractivity contribution in [3.05, 3.63) is 46.0 Å². The highest BCUT2D eigenvalue weighted by molar-refractivity contribution is 9.10. The summed E-state index contributed by atoms with van der Waals surface area (Å²) in [6.07, 6.45) is -1.24. The summed E-state index contributed by atoms with van der Waals surface area (Å²) in [5.41, 5.74) is 4.29. The highest BCUT2D eigenvalue weighted by Crippen LogP contribution is 2.35. The lowest BCUT2D eigenvalue weighted by Gasteiger charge is -2.10. The van der Waals surface area contributed by atoms with E-state index in [9.17, 15) is 18.0 Å². The number of hydrogen-bond acceptors (Lipinski definition) is 2. The van der Waals surface area contributed by atoms with Crippen molar-refractivity contribution >= 4 is 21.8 Å². The van der Waals surface area contributed by atoms with Gasteiger partial charge in [0.1, 0.15) is 0 Å². The molecule has 0 aliphatic heterocycles. The van der Waals surface area contributed by atoms with Gasteiger partial charge in [-0.3, -0.25) is 4.79 Å². The Bertz CT molecular complexity index is 486. The van der Waals surface area contributed by atoms with E-state index in [1.54, 1.807) is 12.2 Å². The smallest absolute Gasteiger partial charge is 0.349 e. The van der Waals surface area contributed by atoms with Gasteiger partial charge in [0, 0.05) is 23.1 Å². The number of carbonyl (C=O) groups is 1. The number of carbonyl (C=O) groups excluding carboxylic acids is 1. The molecule has 19 heavy (non-hydrogen) atoms. The van der Waals surface area contributed by atoms with E-state index in [0.29, 0.717) is 6.54 Å². The van der Waals surface area contributed by atoms with E-state index >= 15 is 0 Å². The molecule has 3 N–H and O–H groups in total. The maximum absolute atomic E-state index is 12.7. The van der Waals surface area contributed by atoms with E-state index in [1.807, 2.05) is 0 Å². The molecule has 1 aromatic carbocycles. The average molecular weight is 337 g/mol. The lowest BCUT2D eigenvalue weighted by atomic mass is 10.1. The first kappa shape index (κ1) is 15.7. The summed E-state index contributed by atoms with van der Waals surface area (Å²) >= 11 is 2.81. The van der Waals surface area contributed by atoms with Gasteiger partial charge in [-0.15, -0.1) is 0 Å². The normalized spacial score (nSPS) is 11.8. The number of nitrogens with two attached hydrogens (primary N) is 1. The topological polar surface area (TPSA) is 55.1 Å². The zero-order chi connectivity index (χ0) is 14.5. The van der Waals surface area contributed by atoms with Crippen molar-refractivity contribution in [2.75, 3.05) is 13.1 Å². The summed E-state index contributed by atoms with van der Waals surface area (Å²) in [5.74, 6) is -0.570. The van der Waals surface area contributed by atoms with Crippen molar-refractivity contribution < 1.29 is 18.0 Å². The molecule has 0 atom stereocenters. The van der Waals surface area contributed by atoms with Crippen molar-refractivity contribution in [3.8, 4) is 0 Å². The third-order valence-electron chi connectivity index (χ3n) is 2.22. The number of alkyl halides is 3. The third kappa shape index (κ3) is 4.68. The molecule has 1 rings (SSSR count). The minimum atomic E-state index is -4.51. The van der Waals surface area contributed by atoms with Gasteiger partial charge in [-0.2, -0.15) is 13.2 Å². The van der Waals surface area contributed by atoms with Gasteiger partial charge in [0.05, 0.1) is 5.56 Å². The second kappa shape index (κ2) is 6.72. The van der Waals surface area contributed by atoms with Gasteiger partial charge >= 0.3 is 6.18 Å². The second-order valence-electron chi connectivity index (χ2n) is 3.61. The fourth-order valence-corrected chi connectivity index (χ4v) is 1.79. The standard InChI is InChI=1S/C12H12BrF3N2O/c13-10-4-3-8(7-9(10)12(14,15)16)11(19)18-6-2-1-5-17/h1-4,7H,5-6,17H2,(H,18,19)/b2-1+. The van der Waals surface area contributed by atoms with Crippen LogP contribution in [0, 0.1) is 0 Å². The van der Waals surface area contributed by atoms with Gasteiger partial charge in [-0.25, -0.2) is 0 Å². The first-order chi connectivity index (χ1) is 8.86. The number of rotatable bonds is 4. The predicted octanol–water partition coefficient (Wildman–Crippen LogP) is 2.71. The Balaban J connectivity index is 2.84. The Morgan fingerprint density at radius 2 is 2.05 bits per heavy atom.